The first-order valence-corrected chi connectivity index (χ1v) is 6.07. The summed E-state index contributed by atoms with van der Waals surface area (Å²) >= 11 is 0. The highest BCUT2D eigenvalue weighted by atomic mass is 19.3. The van der Waals surface area contributed by atoms with Crippen molar-refractivity contribution in [3.05, 3.63) is 29.8 Å². The second-order valence-corrected chi connectivity index (χ2v) is 5.16. The molecule has 0 saturated heterocycles. The number of ether oxygens (including phenoxy) is 1. The van der Waals surface area contributed by atoms with E-state index in [-0.39, 0.29) is 18.8 Å². The Labute approximate surface area is 101 Å². The van der Waals surface area contributed by atoms with Crippen molar-refractivity contribution in [3.63, 3.8) is 0 Å². The molecule has 0 atom stereocenters. The number of benzene rings is 1. The second kappa shape index (κ2) is 4.63. The zero-order valence-corrected chi connectivity index (χ0v) is 10.2. The summed E-state index contributed by atoms with van der Waals surface area (Å²) in [4.78, 5) is 0. The highest BCUT2D eigenvalue weighted by Gasteiger charge is 2.45. The number of hydrogen-bond donors (Lipinski definition) is 0. The molecule has 0 radical (unpaired) electrons. The highest BCUT2D eigenvalue weighted by Crippen LogP contribution is 2.42. The van der Waals surface area contributed by atoms with Gasteiger partial charge in [0.25, 0.3) is 0 Å². The zero-order chi connectivity index (χ0) is 12.5. The van der Waals surface area contributed by atoms with Crippen LogP contribution in [-0.2, 0) is 0 Å². The Balaban J connectivity index is 1.80. The molecular weight excluding hydrogens is 222 g/mol. The van der Waals surface area contributed by atoms with Gasteiger partial charge >= 0.3 is 0 Å². The standard InChI is InChI=1S/C14H18F2O/c1-10(2)12-3-5-13(6-4-12)17-9-11-7-14(15,16)8-11/h3-6,10-11H,7-9H2,1-2H3. The van der Waals surface area contributed by atoms with E-state index in [4.69, 9.17) is 4.74 Å². The lowest BCUT2D eigenvalue weighted by molar-refractivity contribution is -0.119. The van der Waals surface area contributed by atoms with E-state index in [1.807, 2.05) is 24.3 Å². The fraction of sp³-hybridized carbons (Fsp3) is 0.571. The van der Waals surface area contributed by atoms with Gasteiger partial charge in [0.15, 0.2) is 0 Å². The molecule has 1 aliphatic rings. The average molecular weight is 240 g/mol. The van der Waals surface area contributed by atoms with Crippen LogP contribution < -0.4 is 4.74 Å². The predicted octanol–water partition coefficient (Wildman–Crippen LogP) is 4.23. The van der Waals surface area contributed by atoms with Crippen LogP contribution in [0, 0.1) is 5.92 Å². The first-order valence-electron chi connectivity index (χ1n) is 6.07. The van der Waals surface area contributed by atoms with Gasteiger partial charge in [0.05, 0.1) is 6.61 Å². The van der Waals surface area contributed by atoms with E-state index in [0.717, 1.165) is 5.75 Å². The number of alkyl halides is 2. The molecule has 0 aliphatic heterocycles. The van der Waals surface area contributed by atoms with Crippen LogP contribution in [0.4, 0.5) is 8.78 Å². The van der Waals surface area contributed by atoms with E-state index in [1.165, 1.54) is 5.56 Å². The Morgan fingerprint density at radius 2 is 1.82 bits per heavy atom. The third-order valence-electron chi connectivity index (χ3n) is 3.21. The van der Waals surface area contributed by atoms with Gasteiger partial charge in [-0.2, -0.15) is 0 Å². The van der Waals surface area contributed by atoms with Crippen molar-refractivity contribution in [1.82, 2.24) is 0 Å². The smallest absolute Gasteiger partial charge is 0.248 e. The maximum absolute atomic E-state index is 12.6. The van der Waals surface area contributed by atoms with E-state index < -0.39 is 5.92 Å². The molecule has 0 N–H and O–H groups in total. The van der Waals surface area contributed by atoms with Crippen LogP contribution in [-0.4, -0.2) is 12.5 Å². The number of hydrogen-bond acceptors (Lipinski definition) is 1. The van der Waals surface area contributed by atoms with Crippen molar-refractivity contribution in [2.75, 3.05) is 6.61 Å². The largest absolute Gasteiger partial charge is 0.493 e. The molecule has 1 aromatic rings. The third-order valence-corrected chi connectivity index (χ3v) is 3.21. The molecule has 2 rings (SSSR count). The second-order valence-electron chi connectivity index (χ2n) is 5.16. The van der Waals surface area contributed by atoms with Gasteiger partial charge in [-0.15, -0.1) is 0 Å². The molecule has 0 amide bonds. The van der Waals surface area contributed by atoms with E-state index in [2.05, 4.69) is 13.8 Å². The van der Waals surface area contributed by atoms with Gasteiger partial charge in [0.2, 0.25) is 5.92 Å². The molecule has 1 fully saturated rings. The van der Waals surface area contributed by atoms with Gasteiger partial charge in [-0.05, 0) is 23.6 Å². The molecule has 3 heteroatoms. The van der Waals surface area contributed by atoms with Crippen LogP contribution >= 0.6 is 0 Å². The summed E-state index contributed by atoms with van der Waals surface area (Å²) in [6.45, 7) is 4.66. The molecule has 0 bridgehead atoms. The lowest BCUT2D eigenvalue weighted by Crippen LogP contribution is -2.38. The molecule has 0 spiro atoms. The normalized spacial score (nSPS) is 19.1. The molecular formula is C14H18F2O. The number of rotatable bonds is 4. The van der Waals surface area contributed by atoms with Crippen LogP contribution in [0.1, 0.15) is 38.2 Å². The Morgan fingerprint density at radius 1 is 1.24 bits per heavy atom. The summed E-state index contributed by atoms with van der Waals surface area (Å²) in [5.74, 6) is -1.18. The minimum atomic E-state index is -2.45. The first kappa shape index (κ1) is 12.3. The summed E-state index contributed by atoms with van der Waals surface area (Å²) in [7, 11) is 0. The van der Waals surface area contributed by atoms with Crippen LogP contribution in [0.2, 0.25) is 0 Å². The van der Waals surface area contributed by atoms with Gasteiger partial charge in [0.1, 0.15) is 5.75 Å². The molecule has 1 saturated carbocycles. The average Bonchev–Trinajstić information content (AvgIpc) is 2.24. The molecule has 17 heavy (non-hydrogen) atoms. The van der Waals surface area contributed by atoms with Crippen molar-refractivity contribution in [1.29, 1.82) is 0 Å². The van der Waals surface area contributed by atoms with Crippen molar-refractivity contribution in [2.45, 2.75) is 38.5 Å². The minimum absolute atomic E-state index is 0.00905. The fourth-order valence-corrected chi connectivity index (χ4v) is 2.07. The maximum Gasteiger partial charge on any atom is 0.248 e. The van der Waals surface area contributed by atoms with Crippen LogP contribution in [0.5, 0.6) is 5.75 Å². The van der Waals surface area contributed by atoms with Crippen LogP contribution in [0.25, 0.3) is 0 Å². The lowest BCUT2D eigenvalue weighted by Gasteiger charge is -2.34. The fourth-order valence-electron chi connectivity index (χ4n) is 2.07. The molecule has 0 unspecified atom stereocenters. The third kappa shape index (κ3) is 3.18. The maximum atomic E-state index is 12.6. The summed E-state index contributed by atoms with van der Waals surface area (Å²) in [6, 6.07) is 7.86. The van der Waals surface area contributed by atoms with Gasteiger partial charge in [-0.1, -0.05) is 26.0 Å². The quantitative estimate of drug-likeness (QED) is 0.765. The van der Waals surface area contributed by atoms with Crippen LogP contribution in [0.3, 0.4) is 0 Å². The van der Waals surface area contributed by atoms with E-state index in [0.29, 0.717) is 12.5 Å². The van der Waals surface area contributed by atoms with Crippen molar-refractivity contribution in [3.8, 4) is 5.75 Å². The van der Waals surface area contributed by atoms with Crippen LogP contribution in [0.15, 0.2) is 24.3 Å². The SMILES string of the molecule is CC(C)c1ccc(OCC2CC(F)(F)C2)cc1. The molecule has 0 heterocycles. The van der Waals surface area contributed by atoms with E-state index >= 15 is 0 Å². The molecule has 1 nitrogen and oxygen atoms in total. The van der Waals surface area contributed by atoms with Crippen molar-refractivity contribution < 1.29 is 13.5 Å². The Bertz CT molecular complexity index is 362. The molecule has 0 aromatic heterocycles. The van der Waals surface area contributed by atoms with Gasteiger partial charge in [-0.3, -0.25) is 0 Å². The minimum Gasteiger partial charge on any atom is -0.493 e. The molecule has 1 aromatic carbocycles. The topological polar surface area (TPSA) is 9.23 Å². The Morgan fingerprint density at radius 3 is 2.29 bits per heavy atom. The summed E-state index contributed by atoms with van der Waals surface area (Å²) < 4.78 is 30.7. The lowest BCUT2D eigenvalue weighted by atomic mass is 9.82. The van der Waals surface area contributed by atoms with Gasteiger partial charge < -0.3 is 4.74 Å². The first-order chi connectivity index (χ1) is 7.96. The van der Waals surface area contributed by atoms with Gasteiger partial charge in [0, 0.05) is 18.8 Å². The van der Waals surface area contributed by atoms with Crippen molar-refractivity contribution >= 4 is 0 Å². The molecule has 1 aliphatic carbocycles. The summed E-state index contributed by atoms with van der Waals surface area (Å²) in [5, 5.41) is 0. The Hall–Kier alpha value is -1.12. The van der Waals surface area contributed by atoms with E-state index in [1.54, 1.807) is 0 Å². The Kier molecular flexibility index (Phi) is 3.36. The monoisotopic (exact) mass is 240 g/mol. The summed E-state index contributed by atoms with van der Waals surface area (Å²) in [6.07, 6.45) is -0.0614. The predicted molar refractivity (Wildman–Crippen MR) is 63.7 cm³/mol. The number of halogens is 2. The molecule has 94 valence electrons. The van der Waals surface area contributed by atoms with Crippen molar-refractivity contribution in [2.24, 2.45) is 5.92 Å². The summed E-state index contributed by atoms with van der Waals surface area (Å²) in [5.41, 5.74) is 1.26. The van der Waals surface area contributed by atoms with Gasteiger partial charge in [-0.25, -0.2) is 8.78 Å². The van der Waals surface area contributed by atoms with E-state index in [9.17, 15) is 8.78 Å². The highest BCUT2D eigenvalue weighted by molar-refractivity contribution is 5.28. The zero-order valence-electron chi connectivity index (χ0n) is 10.2.